The van der Waals surface area contributed by atoms with Crippen molar-refractivity contribution in [2.45, 2.75) is 39.5 Å². The van der Waals surface area contributed by atoms with Gasteiger partial charge < -0.3 is 5.32 Å². The van der Waals surface area contributed by atoms with Gasteiger partial charge in [-0.15, -0.1) is 0 Å². The number of hydrogen-bond donors (Lipinski definition) is 1. The van der Waals surface area contributed by atoms with E-state index >= 15 is 0 Å². The summed E-state index contributed by atoms with van der Waals surface area (Å²) in [5.41, 5.74) is 1.71. The van der Waals surface area contributed by atoms with Crippen LogP contribution in [0, 0.1) is 0 Å². The van der Waals surface area contributed by atoms with E-state index in [0.29, 0.717) is 23.4 Å². The highest BCUT2D eigenvalue weighted by Crippen LogP contribution is 2.19. The average molecular weight is 367 g/mol. The van der Waals surface area contributed by atoms with Gasteiger partial charge in [0, 0.05) is 11.1 Å². The third-order valence-corrected chi connectivity index (χ3v) is 4.50. The molecule has 27 heavy (non-hydrogen) atoms. The van der Waals surface area contributed by atoms with Crippen LogP contribution in [0.4, 0.5) is 5.69 Å². The molecule has 1 amide bonds. The molecule has 2 aromatic carbocycles. The third-order valence-electron chi connectivity index (χ3n) is 4.50. The molecule has 1 N–H and O–H groups in total. The smallest absolute Gasteiger partial charge is 0.238 e. The Kier molecular flexibility index (Phi) is 8.72. The summed E-state index contributed by atoms with van der Waals surface area (Å²) in [6.45, 7) is 6.52. The summed E-state index contributed by atoms with van der Waals surface area (Å²) in [5.74, 6) is -0.157. The number of carbonyl (C=O) groups is 2. The van der Waals surface area contributed by atoms with E-state index < -0.39 is 0 Å². The van der Waals surface area contributed by atoms with Crippen molar-refractivity contribution in [2.24, 2.45) is 0 Å². The van der Waals surface area contributed by atoms with Crippen LogP contribution in [0.5, 0.6) is 0 Å². The van der Waals surface area contributed by atoms with Crippen LogP contribution in [0.3, 0.4) is 0 Å². The summed E-state index contributed by atoms with van der Waals surface area (Å²) in [5, 5.41) is 2.94. The molecular formula is C23H30N2O2. The highest BCUT2D eigenvalue weighted by atomic mass is 16.2. The summed E-state index contributed by atoms with van der Waals surface area (Å²) in [6, 6.07) is 16.3. The maximum Gasteiger partial charge on any atom is 0.238 e. The Morgan fingerprint density at radius 1 is 0.852 bits per heavy atom. The highest BCUT2D eigenvalue weighted by molar-refractivity contribution is 6.13. The van der Waals surface area contributed by atoms with Gasteiger partial charge in [0.2, 0.25) is 5.91 Å². The SMILES string of the molecule is CCCCN(CCCC)CC(=O)Nc1ccccc1C(=O)c1ccccc1. The summed E-state index contributed by atoms with van der Waals surface area (Å²) in [4.78, 5) is 27.6. The Balaban J connectivity index is 2.08. The molecule has 0 heterocycles. The van der Waals surface area contributed by atoms with Gasteiger partial charge in [-0.25, -0.2) is 0 Å². The maximum atomic E-state index is 12.8. The Hall–Kier alpha value is -2.46. The molecule has 0 fully saturated rings. The normalized spacial score (nSPS) is 10.8. The van der Waals surface area contributed by atoms with Gasteiger partial charge in [0.15, 0.2) is 5.78 Å². The zero-order valence-corrected chi connectivity index (χ0v) is 16.4. The molecule has 0 bridgehead atoms. The number of anilines is 1. The number of amides is 1. The molecule has 0 aliphatic heterocycles. The number of carbonyl (C=O) groups excluding carboxylic acids is 2. The van der Waals surface area contributed by atoms with Crippen LogP contribution in [-0.2, 0) is 4.79 Å². The van der Waals surface area contributed by atoms with Gasteiger partial charge in [0.05, 0.1) is 12.2 Å². The van der Waals surface area contributed by atoms with Crippen LogP contribution in [-0.4, -0.2) is 36.2 Å². The average Bonchev–Trinajstić information content (AvgIpc) is 2.70. The van der Waals surface area contributed by atoms with Crippen LogP contribution in [0.15, 0.2) is 54.6 Å². The van der Waals surface area contributed by atoms with E-state index in [-0.39, 0.29) is 11.7 Å². The minimum atomic E-state index is -0.0830. The molecule has 0 atom stereocenters. The van der Waals surface area contributed by atoms with Crippen molar-refractivity contribution >= 4 is 17.4 Å². The number of hydrogen-bond acceptors (Lipinski definition) is 3. The van der Waals surface area contributed by atoms with Crippen LogP contribution in [0.25, 0.3) is 0 Å². The summed E-state index contributed by atoms with van der Waals surface area (Å²) < 4.78 is 0. The molecule has 0 saturated heterocycles. The third kappa shape index (κ3) is 6.65. The Labute approximate surface area is 162 Å². The van der Waals surface area contributed by atoms with Gasteiger partial charge in [-0.1, -0.05) is 69.2 Å². The van der Waals surface area contributed by atoms with Gasteiger partial charge in [0.1, 0.15) is 0 Å². The number of benzene rings is 2. The van der Waals surface area contributed by atoms with Gasteiger partial charge >= 0.3 is 0 Å². The zero-order valence-electron chi connectivity index (χ0n) is 16.4. The van der Waals surface area contributed by atoms with Crippen molar-refractivity contribution in [3.8, 4) is 0 Å². The summed E-state index contributed by atoms with van der Waals surface area (Å²) in [6.07, 6.45) is 4.39. The van der Waals surface area contributed by atoms with Gasteiger partial charge in [-0.3, -0.25) is 14.5 Å². The van der Waals surface area contributed by atoms with Gasteiger partial charge in [-0.2, -0.15) is 0 Å². The van der Waals surface area contributed by atoms with Gasteiger partial charge in [-0.05, 0) is 38.1 Å². The van der Waals surface area contributed by atoms with Crippen molar-refractivity contribution in [3.63, 3.8) is 0 Å². The minimum absolute atomic E-state index is 0.0736. The quantitative estimate of drug-likeness (QED) is 0.583. The van der Waals surface area contributed by atoms with Gasteiger partial charge in [0.25, 0.3) is 0 Å². The van der Waals surface area contributed by atoms with E-state index in [1.807, 2.05) is 30.3 Å². The summed E-state index contributed by atoms with van der Waals surface area (Å²) in [7, 11) is 0. The lowest BCUT2D eigenvalue weighted by atomic mass is 10.0. The molecule has 0 saturated carbocycles. The van der Waals surface area contributed by atoms with E-state index in [9.17, 15) is 9.59 Å². The topological polar surface area (TPSA) is 49.4 Å². The van der Waals surface area contributed by atoms with Crippen molar-refractivity contribution in [1.82, 2.24) is 4.90 Å². The lowest BCUT2D eigenvalue weighted by Crippen LogP contribution is -2.35. The molecule has 2 aromatic rings. The fourth-order valence-corrected chi connectivity index (χ4v) is 2.96. The fraction of sp³-hybridized carbons (Fsp3) is 0.391. The van der Waals surface area contributed by atoms with E-state index in [1.54, 1.807) is 24.3 Å². The molecule has 2 rings (SSSR count). The molecule has 0 radical (unpaired) electrons. The number of unbranched alkanes of at least 4 members (excludes halogenated alkanes) is 2. The monoisotopic (exact) mass is 366 g/mol. The first-order valence-corrected chi connectivity index (χ1v) is 9.86. The van der Waals surface area contributed by atoms with Crippen LogP contribution >= 0.6 is 0 Å². The number of para-hydroxylation sites is 1. The molecule has 4 heteroatoms. The molecule has 4 nitrogen and oxygen atoms in total. The van der Waals surface area contributed by atoms with Crippen molar-refractivity contribution in [3.05, 3.63) is 65.7 Å². The van der Waals surface area contributed by atoms with E-state index in [1.165, 1.54) is 0 Å². The van der Waals surface area contributed by atoms with E-state index in [2.05, 4.69) is 24.1 Å². The minimum Gasteiger partial charge on any atom is -0.324 e. The van der Waals surface area contributed by atoms with E-state index in [4.69, 9.17) is 0 Å². The largest absolute Gasteiger partial charge is 0.324 e. The molecule has 0 spiro atoms. The second-order valence-electron chi connectivity index (χ2n) is 6.77. The lowest BCUT2D eigenvalue weighted by Gasteiger charge is -2.21. The molecule has 0 aromatic heterocycles. The molecule has 0 unspecified atom stereocenters. The van der Waals surface area contributed by atoms with Crippen molar-refractivity contribution < 1.29 is 9.59 Å². The number of nitrogens with one attached hydrogen (secondary N) is 1. The second kappa shape index (κ2) is 11.3. The standard InChI is InChI=1S/C23H30N2O2/c1-3-5-16-25(17-6-4-2)18-22(26)24-21-15-11-10-14-20(21)23(27)19-12-8-7-9-13-19/h7-15H,3-6,16-18H2,1-2H3,(H,24,26). The molecule has 0 aliphatic rings. The van der Waals surface area contributed by atoms with E-state index in [0.717, 1.165) is 38.8 Å². The van der Waals surface area contributed by atoms with Crippen LogP contribution in [0.1, 0.15) is 55.5 Å². The van der Waals surface area contributed by atoms with Crippen molar-refractivity contribution in [1.29, 1.82) is 0 Å². The zero-order chi connectivity index (χ0) is 19.5. The lowest BCUT2D eigenvalue weighted by molar-refractivity contribution is -0.117. The number of nitrogens with zero attached hydrogens (tertiary/aromatic N) is 1. The van der Waals surface area contributed by atoms with Crippen molar-refractivity contribution in [2.75, 3.05) is 25.0 Å². The van der Waals surface area contributed by atoms with Crippen LogP contribution < -0.4 is 5.32 Å². The number of ketones is 1. The Morgan fingerprint density at radius 3 is 2.07 bits per heavy atom. The molecule has 0 aliphatic carbocycles. The Bertz CT molecular complexity index is 720. The molecular weight excluding hydrogens is 336 g/mol. The fourth-order valence-electron chi connectivity index (χ4n) is 2.96. The second-order valence-corrected chi connectivity index (χ2v) is 6.77. The molecule has 144 valence electrons. The summed E-state index contributed by atoms with van der Waals surface area (Å²) >= 11 is 0. The first-order valence-electron chi connectivity index (χ1n) is 9.86. The first kappa shape index (κ1) is 20.8. The van der Waals surface area contributed by atoms with Crippen LogP contribution in [0.2, 0.25) is 0 Å². The Morgan fingerprint density at radius 2 is 1.44 bits per heavy atom. The number of rotatable bonds is 11. The highest BCUT2D eigenvalue weighted by Gasteiger charge is 2.16. The predicted octanol–water partition coefficient (Wildman–Crippen LogP) is 4.76. The first-order chi connectivity index (χ1) is 13.2. The predicted molar refractivity (Wildman–Crippen MR) is 111 cm³/mol. The maximum absolute atomic E-state index is 12.8.